The number of methoxy groups -OCH3 is 1. The summed E-state index contributed by atoms with van der Waals surface area (Å²) in [6, 6.07) is 9.60. The number of piperidine rings is 3. The van der Waals surface area contributed by atoms with Crippen LogP contribution in [0, 0.1) is 17.2 Å². The molecule has 6 heterocycles. The molecular formula is C43H53F3N10O5. The van der Waals surface area contributed by atoms with Gasteiger partial charge in [0.2, 0.25) is 17.8 Å². The van der Waals surface area contributed by atoms with Crippen LogP contribution in [0.1, 0.15) is 74.2 Å². The lowest BCUT2D eigenvalue weighted by Gasteiger charge is -2.54. The van der Waals surface area contributed by atoms with E-state index in [9.17, 15) is 28.0 Å². The van der Waals surface area contributed by atoms with Crippen LogP contribution in [0.5, 0.6) is 5.75 Å². The lowest BCUT2D eigenvalue weighted by molar-refractivity contribution is -0.140. The highest BCUT2D eigenvalue weighted by atomic mass is 19.3. The molecule has 5 aliphatic rings. The zero-order chi connectivity index (χ0) is 43.2. The Morgan fingerprint density at radius 3 is 2.39 bits per heavy atom. The summed E-state index contributed by atoms with van der Waals surface area (Å²) >= 11 is 0. The second-order valence-electron chi connectivity index (χ2n) is 17.5. The van der Waals surface area contributed by atoms with Crippen LogP contribution in [0.3, 0.4) is 0 Å². The van der Waals surface area contributed by atoms with Crippen LogP contribution in [0.4, 0.5) is 42.0 Å². The summed E-state index contributed by atoms with van der Waals surface area (Å²) in [4.78, 5) is 65.4. The molecule has 4 amide bonds. The van der Waals surface area contributed by atoms with Crippen LogP contribution < -0.4 is 35.5 Å². The third-order valence-electron chi connectivity index (χ3n) is 13.0. The SMILES string of the molecule is COc1cc(C(=O)NN2CC3(CCN(CC4CCN(c5ccc(C6CCC(=O)NC6=O)cc5F)CC4)CC3)C2)ccc1Nc1ncc2c(n1)N(C(C)C)CC(F)(F)C(=O)N2C. The van der Waals surface area contributed by atoms with Gasteiger partial charge in [0.1, 0.15) is 17.3 Å². The maximum atomic E-state index is 15.3. The third kappa shape index (κ3) is 8.69. The van der Waals surface area contributed by atoms with E-state index < -0.39 is 24.3 Å². The first kappa shape index (κ1) is 42.2. The quantitative estimate of drug-likeness (QED) is 0.243. The van der Waals surface area contributed by atoms with Gasteiger partial charge >= 0.3 is 5.92 Å². The third-order valence-corrected chi connectivity index (χ3v) is 13.0. The maximum absolute atomic E-state index is 15.3. The Morgan fingerprint density at radius 2 is 1.72 bits per heavy atom. The van der Waals surface area contributed by atoms with Gasteiger partial charge in [-0.2, -0.15) is 13.8 Å². The molecular weight excluding hydrogens is 794 g/mol. The van der Waals surface area contributed by atoms with E-state index in [4.69, 9.17) is 4.74 Å². The first-order valence-corrected chi connectivity index (χ1v) is 21.0. The molecule has 0 saturated carbocycles. The van der Waals surface area contributed by atoms with Crippen LogP contribution >= 0.6 is 0 Å². The monoisotopic (exact) mass is 846 g/mol. The number of halogens is 3. The molecule has 0 aliphatic carbocycles. The van der Waals surface area contributed by atoms with E-state index in [2.05, 4.69) is 35.8 Å². The molecule has 0 radical (unpaired) electrons. The number of nitrogens with zero attached hydrogens (tertiary/aromatic N) is 7. The van der Waals surface area contributed by atoms with Gasteiger partial charge in [0.15, 0.2) is 5.82 Å². The predicted molar refractivity (Wildman–Crippen MR) is 223 cm³/mol. The molecule has 18 heteroatoms. The predicted octanol–water partition coefficient (Wildman–Crippen LogP) is 4.67. The second-order valence-corrected chi connectivity index (χ2v) is 17.5. The van der Waals surface area contributed by atoms with Crippen LogP contribution in [-0.2, 0) is 14.4 Å². The van der Waals surface area contributed by atoms with E-state index >= 15 is 4.39 Å². The number of amides is 4. The fourth-order valence-corrected chi connectivity index (χ4v) is 9.38. The molecule has 2 aromatic carbocycles. The van der Waals surface area contributed by atoms with Gasteiger partial charge in [-0.1, -0.05) is 6.07 Å². The molecule has 1 atom stereocenters. The summed E-state index contributed by atoms with van der Waals surface area (Å²) in [6.07, 6.45) is 6.03. The van der Waals surface area contributed by atoms with Gasteiger partial charge in [-0.15, -0.1) is 0 Å². The van der Waals surface area contributed by atoms with Crippen molar-refractivity contribution in [3.05, 3.63) is 59.5 Å². The van der Waals surface area contributed by atoms with E-state index in [1.807, 2.05) is 11.1 Å². The second kappa shape index (κ2) is 16.8. The van der Waals surface area contributed by atoms with E-state index in [0.717, 1.165) is 76.4 Å². The van der Waals surface area contributed by atoms with Crippen molar-refractivity contribution < 1.29 is 37.1 Å². The van der Waals surface area contributed by atoms with Gasteiger partial charge in [0, 0.05) is 63.2 Å². The van der Waals surface area contributed by atoms with Gasteiger partial charge in [-0.05, 0) is 101 Å². The number of nitrogens with one attached hydrogen (secondary N) is 3. The Bertz CT molecular complexity index is 2180. The van der Waals surface area contributed by atoms with Gasteiger partial charge in [-0.3, -0.25) is 29.9 Å². The standard InChI is InChI=1S/C43H53F3N10O5/c1-26(2)56-25-43(45,46)40(60)52(3)34-21-47-41(50-37(34)56)48-32-8-5-29(20-35(32)61-4)38(58)51-55-23-42(24-55)13-17-53(18-14-42)22-27-11-15-54(16-12-27)33-9-6-28(19-31(33)44)30-7-10-36(57)49-39(30)59/h5-6,8-9,19-21,26-27,30H,7,10-18,22-25H2,1-4H3,(H,51,58)(H,47,48,50)(H,49,57,59). The number of fused-ring (bicyclic) bond motifs is 1. The summed E-state index contributed by atoms with van der Waals surface area (Å²) in [5.74, 6) is -5.49. The first-order valence-electron chi connectivity index (χ1n) is 21.0. The number of alkyl halides is 2. The molecule has 3 N–H and O–H groups in total. The zero-order valence-corrected chi connectivity index (χ0v) is 35.0. The van der Waals surface area contributed by atoms with Crippen molar-refractivity contribution in [2.45, 2.75) is 70.3 Å². The van der Waals surface area contributed by atoms with E-state index in [1.54, 1.807) is 38.1 Å². The zero-order valence-electron chi connectivity index (χ0n) is 35.0. The lowest BCUT2D eigenvalue weighted by Crippen LogP contribution is -2.65. The van der Waals surface area contributed by atoms with Gasteiger partial charge < -0.3 is 29.7 Å². The molecule has 15 nitrogen and oxygen atoms in total. The number of hydrogen-bond acceptors (Lipinski definition) is 12. The number of hydrogen-bond donors (Lipinski definition) is 3. The summed E-state index contributed by atoms with van der Waals surface area (Å²) in [7, 11) is 2.76. The highest BCUT2D eigenvalue weighted by Gasteiger charge is 2.48. The van der Waals surface area contributed by atoms with Crippen molar-refractivity contribution in [3.8, 4) is 5.75 Å². The largest absolute Gasteiger partial charge is 0.495 e. The number of rotatable bonds is 10. The van der Waals surface area contributed by atoms with Gasteiger partial charge in [0.25, 0.3) is 11.8 Å². The van der Waals surface area contributed by atoms with Crippen molar-refractivity contribution in [1.29, 1.82) is 0 Å². The number of imide groups is 1. The molecule has 8 rings (SSSR count). The summed E-state index contributed by atoms with van der Waals surface area (Å²) in [5, 5.41) is 7.39. The summed E-state index contributed by atoms with van der Waals surface area (Å²) < 4.78 is 50.4. The smallest absolute Gasteiger partial charge is 0.342 e. The average molecular weight is 847 g/mol. The Balaban J connectivity index is 0.793. The van der Waals surface area contributed by atoms with Gasteiger partial charge in [-0.25, -0.2) is 14.4 Å². The molecule has 61 heavy (non-hydrogen) atoms. The molecule has 1 spiro atoms. The minimum atomic E-state index is -3.60. The maximum Gasteiger partial charge on any atom is 0.342 e. The minimum absolute atomic E-state index is 0.109. The molecule has 4 saturated heterocycles. The fraction of sp³-hybridized carbons (Fsp3) is 0.535. The minimum Gasteiger partial charge on any atom is -0.495 e. The Hall–Kier alpha value is -5.49. The lowest BCUT2D eigenvalue weighted by atomic mass is 9.72. The topological polar surface area (TPSA) is 156 Å². The number of ether oxygens (including phenoxy) is 1. The van der Waals surface area contributed by atoms with Crippen LogP contribution in [0.2, 0.25) is 0 Å². The van der Waals surface area contributed by atoms with Crippen molar-refractivity contribution in [2.24, 2.45) is 11.3 Å². The highest BCUT2D eigenvalue weighted by molar-refractivity contribution is 6.02. The number of aromatic nitrogens is 2. The van der Waals surface area contributed by atoms with Crippen LogP contribution in [0.25, 0.3) is 0 Å². The normalized spacial score (nSPS) is 22.1. The molecule has 5 aliphatic heterocycles. The number of carbonyl (C=O) groups is 4. The van der Waals surface area contributed by atoms with Crippen LogP contribution in [0.15, 0.2) is 42.6 Å². The summed E-state index contributed by atoms with van der Waals surface area (Å²) in [5.41, 5.74) is 5.39. The van der Waals surface area contributed by atoms with E-state index in [1.165, 1.54) is 31.3 Å². The van der Waals surface area contributed by atoms with Crippen molar-refractivity contribution >= 4 is 52.5 Å². The Kier molecular flexibility index (Phi) is 11.6. The number of likely N-dealkylation sites (tertiary alicyclic amines) is 1. The number of carbonyl (C=O) groups excluding carboxylic acids is 4. The number of benzene rings is 2. The van der Waals surface area contributed by atoms with Crippen molar-refractivity contribution in [2.75, 3.05) is 86.5 Å². The summed E-state index contributed by atoms with van der Waals surface area (Å²) in [6.45, 7) is 8.76. The molecule has 1 unspecified atom stereocenters. The fourth-order valence-electron chi connectivity index (χ4n) is 9.38. The van der Waals surface area contributed by atoms with Crippen molar-refractivity contribution in [3.63, 3.8) is 0 Å². The van der Waals surface area contributed by atoms with E-state index in [0.29, 0.717) is 40.6 Å². The molecule has 4 fully saturated rings. The average Bonchev–Trinajstić information content (AvgIpc) is 3.29. The first-order chi connectivity index (χ1) is 29.1. The van der Waals surface area contributed by atoms with Crippen LogP contribution in [-0.4, -0.2) is 122 Å². The highest BCUT2D eigenvalue weighted by Crippen LogP contribution is 2.41. The molecule has 0 bridgehead atoms. The van der Waals surface area contributed by atoms with E-state index in [-0.39, 0.29) is 58.9 Å². The molecule has 3 aromatic rings. The Labute approximate surface area is 352 Å². The number of hydrazine groups is 1. The molecule has 326 valence electrons. The van der Waals surface area contributed by atoms with Gasteiger partial charge in [0.05, 0.1) is 37.1 Å². The Morgan fingerprint density at radius 1 is 0.984 bits per heavy atom. The number of anilines is 5. The van der Waals surface area contributed by atoms with Crippen molar-refractivity contribution in [1.82, 2.24) is 30.6 Å². The molecule has 1 aromatic heterocycles.